The first-order chi connectivity index (χ1) is 6.91. The van der Waals surface area contributed by atoms with E-state index in [1.807, 2.05) is 20.8 Å². The summed E-state index contributed by atoms with van der Waals surface area (Å²) in [4.78, 5) is 11.5. The minimum atomic E-state index is -0.445. The lowest BCUT2D eigenvalue weighted by Crippen LogP contribution is -2.44. The van der Waals surface area contributed by atoms with Gasteiger partial charge in [-0.05, 0) is 40.0 Å². The topological polar surface area (TPSA) is 50.9 Å². The third-order valence-corrected chi connectivity index (χ3v) is 2.79. The minimum Gasteiger partial charge on any atom is -0.444 e. The van der Waals surface area contributed by atoms with Crippen LogP contribution in [0.4, 0.5) is 4.79 Å². The lowest BCUT2D eigenvalue weighted by atomic mass is 9.96. The fourth-order valence-corrected chi connectivity index (χ4v) is 2.10. The van der Waals surface area contributed by atoms with E-state index >= 15 is 0 Å². The zero-order valence-corrected chi connectivity index (χ0v) is 9.63. The molecule has 0 aromatic rings. The van der Waals surface area contributed by atoms with Gasteiger partial charge in [-0.1, -0.05) is 6.42 Å². The summed E-state index contributed by atoms with van der Waals surface area (Å²) in [5.41, 5.74) is -0.833. The Bertz CT molecular complexity index is 271. The first kappa shape index (κ1) is 10.7. The third kappa shape index (κ3) is 2.43. The van der Waals surface area contributed by atoms with Gasteiger partial charge in [-0.25, -0.2) is 4.79 Å². The average Bonchev–Trinajstić information content (AvgIpc) is 2.73. The smallest absolute Gasteiger partial charge is 0.409 e. The molecule has 1 aliphatic carbocycles. The molecule has 1 N–H and O–H groups in total. The quantitative estimate of drug-likeness (QED) is 0.679. The van der Waals surface area contributed by atoms with Crippen molar-refractivity contribution in [1.29, 1.82) is 0 Å². The van der Waals surface area contributed by atoms with E-state index in [-0.39, 0.29) is 17.9 Å². The van der Waals surface area contributed by atoms with Crippen LogP contribution in [-0.2, 0) is 9.47 Å². The maximum atomic E-state index is 11.5. The Balaban J connectivity index is 1.85. The highest BCUT2D eigenvalue weighted by Gasteiger charge is 2.58. The van der Waals surface area contributed by atoms with Crippen LogP contribution in [0.2, 0.25) is 0 Å². The summed E-state index contributed by atoms with van der Waals surface area (Å²) in [6.45, 7) is 5.57. The van der Waals surface area contributed by atoms with E-state index in [4.69, 9.17) is 9.47 Å². The van der Waals surface area contributed by atoms with Gasteiger partial charge in [0.15, 0.2) is 5.72 Å². The van der Waals surface area contributed by atoms with E-state index in [0.29, 0.717) is 0 Å². The second-order valence-electron chi connectivity index (χ2n) is 5.37. The van der Waals surface area contributed by atoms with Crippen molar-refractivity contribution < 1.29 is 14.3 Å². The summed E-state index contributed by atoms with van der Waals surface area (Å²) < 4.78 is 10.7. The van der Waals surface area contributed by atoms with Gasteiger partial charge in [0, 0.05) is 0 Å². The molecule has 1 saturated heterocycles. The van der Waals surface area contributed by atoms with Gasteiger partial charge in [0.2, 0.25) is 0 Å². The first-order valence-corrected chi connectivity index (χ1v) is 5.60. The van der Waals surface area contributed by atoms with Gasteiger partial charge in [-0.3, -0.25) is 5.32 Å². The van der Waals surface area contributed by atoms with Crippen molar-refractivity contribution in [3.63, 3.8) is 0 Å². The molecular weight excluding hydrogens is 194 g/mol. The minimum absolute atomic E-state index is 0.221. The summed E-state index contributed by atoms with van der Waals surface area (Å²) in [6, 6.07) is 0. The van der Waals surface area contributed by atoms with Crippen molar-refractivity contribution in [3.05, 3.63) is 0 Å². The van der Waals surface area contributed by atoms with Crippen LogP contribution < -0.4 is 5.32 Å². The molecule has 1 heterocycles. The summed E-state index contributed by atoms with van der Waals surface area (Å²) in [5, 5.41) is 2.84. The Morgan fingerprint density at radius 3 is 2.80 bits per heavy atom. The average molecular weight is 213 g/mol. The monoisotopic (exact) mass is 213 g/mol. The third-order valence-electron chi connectivity index (χ3n) is 2.79. The fraction of sp³-hybridized carbons (Fsp3) is 0.909. The SMILES string of the molecule is CC(C)(C)OC(=O)NC12CCCCC1O2. The van der Waals surface area contributed by atoms with Gasteiger partial charge in [0.1, 0.15) is 11.7 Å². The summed E-state index contributed by atoms with van der Waals surface area (Å²) in [5.74, 6) is 0. The van der Waals surface area contributed by atoms with Crippen LogP contribution in [0.5, 0.6) is 0 Å². The number of rotatable bonds is 1. The molecule has 0 radical (unpaired) electrons. The van der Waals surface area contributed by atoms with Crippen LogP contribution >= 0.6 is 0 Å². The molecule has 4 nitrogen and oxygen atoms in total. The molecule has 15 heavy (non-hydrogen) atoms. The number of epoxide rings is 1. The van der Waals surface area contributed by atoms with Crippen molar-refractivity contribution >= 4 is 6.09 Å². The van der Waals surface area contributed by atoms with Crippen molar-refractivity contribution in [2.24, 2.45) is 0 Å². The van der Waals surface area contributed by atoms with E-state index in [1.54, 1.807) is 0 Å². The van der Waals surface area contributed by atoms with Crippen LogP contribution in [-0.4, -0.2) is 23.5 Å². The molecule has 4 heteroatoms. The van der Waals surface area contributed by atoms with Crippen LogP contribution in [0, 0.1) is 0 Å². The Hall–Kier alpha value is -0.770. The number of alkyl carbamates (subject to hydrolysis) is 1. The highest BCUT2D eigenvalue weighted by atomic mass is 16.6. The number of hydrogen-bond donors (Lipinski definition) is 1. The second kappa shape index (κ2) is 3.37. The van der Waals surface area contributed by atoms with E-state index in [9.17, 15) is 4.79 Å². The maximum absolute atomic E-state index is 11.5. The lowest BCUT2D eigenvalue weighted by molar-refractivity contribution is 0.0441. The fourth-order valence-electron chi connectivity index (χ4n) is 2.10. The van der Waals surface area contributed by atoms with Crippen molar-refractivity contribution in [2.45, 2.75) is 63.9 Å². The molecule has 86 valence electrons. The maximum Gasteiger partial charge on any atom is 0.409 e. The number of ether oxygens (including phenoxy) is 2. The van der Waals surface area contributed by atoms with Gasteiger partial charge >= 0.3 is 6.09 Å². The molecular formula is C11H19NO3. The normalized spacial score (nSPS) is 34.2. The number of amides is 1. The molecule has 2 fully saturated rings. The molecule has 2 rings (SSSR count). The standard InChI is InChI=1S/C11H19NO3/c1-10(2,3)15-9(13)12-11-7-5-4-6-8(11)14-11/h8H,4-7H2,1-3H3,(H,12,13). The Labute approximate surface area is 90.3 Å². The van der Waals surface area contributed by atoms with Crippen LogP contribution in [0.1, 0.15) is 46.5 Å². The molecule has 2 unspecified atom stereocenters. The van der Waals surface area contributed by atoms with Gasteiger partial charge in [0.05, 0.1) is 0 Å². The summed E-state index contributed by atoms with van der Waals surface area (Å²) in [7, 11) is 0. The first-order valence-electron chi connectivity index (χ1n) is 5.60. The molecule has 1 saturated carbocycles. The number of hydrogen-bond acceptors (Lipinski definition) is 3. The number of fused-ring (bicyclic) bond motifs is 1. The molecule has 0 bridgehead atoms. The van der Waals surface area contributed by atoms with E-state index in [2.05, 4.69) is 5.32 Å². The van der Waals surface area contributed by atoms with Gasteiger partial charge in [-0.15, -0.1) is 0 Å². The molecule has 1 aliphatic heterocycles. The van der Waals surface area contributed by atoms with Gasteiger partial charge in [-0.2, -0.15) is 0 Å². The van der Waals surface area contributed by atoms with Gasteiger partial charge < -0.3 is 9.47 Å². The van der Waals surface area contributed by atoms with Crippen LogP contribution in [0.15, 0.2) is 0 Å². The van der Waals surface area contributed by atoms with Crippen molar-refractivity contribution in [3.8, 4) is 0 Å². The van der Waals surface area contributed by atoms with E-state index < -0.39 is 5.60 Å². The van der Waals surface area contributed by atoms with Gasteiger partial charge in [0.25, 0.3) is 0 Å². The van der Waals surface area contributed by atoms with Crippen LogP contribution in [0.25, 0.3) is 0 Å². The highest BCUT2D eigenvalue weighted by molar-refractivity contribution is 5.69. The zero-order valence-electron chi connectivity index (χ0n) is 9.63. The van der Waals surface area contributed by atoms with E-state index in [1.165, 1.54) is 6.42 Å². The Morgan fingerprint density at radius 2 is 2.20 bits per heavy atom. The lowest BCUT2D eigenvalue weighted by Gasteiger charge is -2.23. The van der Waals surface area contributed by atoms with Crippen molar-refractivity contribution in [2.75, 3.05) is 0 Å². The second-order valence-corrected chi connectivity index (χ2v) is 5.37. The molecule has 0 aromatic carbocycles. The Morgan fingerprint density at radius 1 is 1.47 bits per heavy atom. The Kier molecular flexibility index (Phi) is 2.41. The zero-order chi connectivity index (χ0) is 11.1. The summed E-state index contributed by atoms with van der Waals surface area (Å²) >= 11 is 0. The number of carbonyl (C=O) groups excluding carboxylic acids is 1. The highest BCUT2D eigenvalue weighted by Crippen LogP contribution is 2.45. The molecule has 2 atom stereocenters. The molecule has 1 amide bonds. The molecule has 2 aliphatic rings. The number of nitrogens with one attached hydrogen (secondary N) is 1. The van der Waals surface area contributed by atoms with E-state index in [0.717, 1.165) is 19.3 Å². The number of carbonyl (C=O) groups is 1. The largest absolute Gasteiger partial charge is 0.444 e. The predicted octanol–water partition coefficient (Wildman–Crippen LogP) is 2.18. The summed E-state index contributed by atoms with van der Waals surface area (Å²) in [6.07, 6.45) is 4.13. The molecule has 0 aromatic heterocycles. The molecule has 0 spiro atoms. The predicted molar refractivity (Wildman–Crippen MR) is 55.4 cm³/mol. The van der Waals surface area contributed by atoms with Crippen molar-refractivity contribution in [1.82, 2.24) is 5.32 Å². The van der Waals surface area contributed by atoms with Crippen LogP contribution in [0.3, 0.4) is 0 Å².